The van der Waals surface area contributed by atoms with E-state index >= 15 is 0 Å². The van der Waals surface area contributed by atoms with Crippen molar-refractivity contribution >= 4 is 16.6 Å². The largest absolute Gasteiger partial charge is 0.413 e. The lowest BCUT2D eigenvalue weighted by atomic mass is 9.85. The Bertz CT molecular complexity index is 1470. The zero-order valence-electron chi connectivity index (χ0n) is 22.6. The van der Waals surface area contributed by atoms with Gasteiger partial charge in [-0.15, -0.1) is 0 Å². The van der Waals surface area contributed by atoms with Crippen molar-refractivity contribution in [3.8, 4) is 11.8 Å². The highest BCUT2D eigenvalue weighted by molar-refractivity contribution is 5.96. The number of hydrogen-bond donors (Lipinski definition) is 0. The van der Waals surface area contributed by atoms with Gasteiger partial charge in [-0.2, -0.15) is 18.3 Å². The van der Waals surface area contributed by atoms with Crippen LogP contribution in [-0.4, -0.2) is 76.2 Å². The number of aliphatic imine (C=N–C) groups is 1. The van der Waals surface area contributed by atoms with Gasteiger partial charge in [0.1, 0.15) is 5.69 Å². The number of benzene rings is 1. The van der Waals surface area contributed by atoms with Gasteiger partial charge in [-0.3, -0.25) is 14.7 Å². The van der Waals surface area contributed by atoms with Crippen LogP contribution in [0.15, 0.2) is 53.2 Å². The van der Waals surface area contributed by atoms with Crippen molar-refractivity contribution in [1.29, 1.82) is 0 Å². The van der Waals surface area contributed by atoms with E-state index in [0.717, 1.165) is 59.6 Å². The van der Waals surface area contributed by atoms with Crippen molar-refractivity contribution in [2.45, 2.75) is 32.5 Å². The molecule has 0 N–H and O–H groups in total. The Morgan fingerprint density at radius 2 is 1.85 bits per heavy atom. The number of likely N-dealkylation sites (N-methyl/N-ethyl adjacent to an activating group) is 1. The maximum absolute atomic E-state index is 14.0. The molecule has 1 fully saturated rings. The number of aryl methyl sites for hydroxylation is 2. The highest BCUT2D eigenvalue weighted by Gasteiger charge is 2.41. The van der Waals surface area contributed by atoms with Crippen LogP contribution < -0.4 is 0 Å². The van der Waals surface area contributed by atoms with Crippen LogP contribution in [0.4, 0.5) is 13.2 Å². The molecular weight excluding hydrogens is 501 g/mol. The monoisotopic (exact) mass is 534 g/mol. The Kier molecular flexibility index (Phi) is 7.87. The maximum atomic E-state index is 14.0. The molecule has 1 aliphatic heterocycles. The topological polar surface area (TPSA) is 49.6 Å². The molecule has 39 heavy (non-hydrogen) atoms. The number of alkyl halides is 3. The van der Waals surface area contributed by atoms with Gasteiger partial charge in [-0.1, -0.05) is 18.1 Å². The van der Waals surface area contributed by atoms with Gasteiger partial charge in [0.05, 0.1) is 17.8 Å². The van der Waals surface area contributed by atoms with Gasteiger partial charge in [-0.25, -0.2) is 0 Å². The number of fused-ring (bicyclic) bond motifs is 1. The third-order valence-electron chi connectivity index (χ3n) is 7.58. The standard InChI is InChI=1S/C30H33F3N6/c1-21-23(9-11-29-26-6-4-5-7-28(26)36-38(29)3)16-22(18-34-21)19-35-25-10-8-24(27(17-25)30(31,32)33)20-39-14-12-37(2)13-15-39/h4-7,16-18,24H,8,10,12-15,19-20H2,1-3H3. The molecule has 6 nitrogen and oxygen atoms in total. The molecule has 1 aromatic carbocycles. The molecule has 1 saturated heterocycles. The quantitative estimate of drug-likeness (QED) is 0.453. The molecule has 0 saturated carbocycles. The van der Waals surface area contributed by atoms with E-state index in [-0.39, 0.29) is 6.54 Å². The number of halogens is 3. The number of nitrogens with zero attached hydrogens (tertiary/aromatic N) is 6. The average molecular weight is 535 g/mol. The van der Waals surface area contributed by atoms with Crippen molar-refractivity contribution in [3.05, 3.63) is 70.7 Å². The second-order valence-electron chi connectivity index (χ2n) is 10.5. The van der Waals surface area contributed by atoms with Crippen molar-refractivity contribution in [3.63, 3.8) is 0 Å². The van der Waals surface area contributed by atoms with Crippen LogP contribution >= 0.6 is 0 Å². The summed E-state index contributed by atoms with van der Waals surface area (Å²) >= 11 is 0. The molecule has 1 unspecified atom stereocenters. The second-order valence-corrected chi connectivity index (χ2v) is 10.5. The molecule has 0 amide bonds. The number of pyridine rings is 1. The fraction of sp³-hybridized carbons (Fsp3) is 0.433. The van der Waals surface area contributed by atoms with Crippen molar-refractivity contribution in [2.75, 3.05) is 39.8 Å². The Hall–Kier alpha value is -3.48. The molecule has 0 spiro atoms. The van der Waals surface area contributed by atoms with Crippen molar-refractivity contribution < 1.29 is 13.2 Å². The highest BCUT2D eigenvalue weighted by atomic mass is 19.4. The zero-order valence-corrected chi connectivity index (χ0v) is 22.6. The Morgan fingerprint density at radius 1 is 1.08 bits per heavy atom. The normalized spacial score (nSPS) is 20.2. The molecule has 1 atom stereocenters. The average Bonchev–Trinajstić information content (AvgIpc) is 3.23. The molecule has 2 aromatic heterocycles. The predicted molar refractivity (Wildman–Crippen MR) is 148 cm³/mol. The Morgan fingerprint density at radius 3 is 2.62 bits per heavy atom. The minimum Gasteiger partial charge on any atom is -0.304 e. The molecule has 0 bridgehead atoms. The summed E-state index contributed by atoms with van der Waals surface area (Å²) in [5, 5.41) is 5.48. The molecule has 9 heteroatoms. The summed E-state index contributed by atoms with van der Waals surface area (Å²) in [6.45, 7) is 5.99. The van der Waals surface area contributed by atoms with Crippen LogP contribution in [0.5, 0.6) is 0 Å². The Balaban J connectivity index is 1.33. The third-order valence-corrected chi connectivity index (χ3v) is 7.58. The van der Waals surface area contributed by atoms with E-state index in [1.165, 1.54) is 6.08 Å². The predicted octanol–water partition coefficient (Wildman–Crippen LogP) is 4.76. The van der Waals surface area contributed by atoms with E-state index in [0.29, 0.717) is 25.1 Å². The molecule has 5 rings (SSSR count). The number of rotatable bonds is 4. The zero-order chi connectivity index (χ0) is 27.6. The fourth-order valence-corrected chi connectivity index (χ4v) is 5.22. The summed E-state index contributed by atoms with van der Waals surface area (Å²) in [7, 11) is 3.91. The molecular formula is C30H33F3N6. The van der Waals surface area contributed by atoms with Crippen LogP contribution in [0.2, 0.25) is 0 Å². The molecule has 3 heterocycles. The molecule has 204 valence electrons. The summed E-state index contributed by atoms with van der Waals surface area (Å²) in [5.41, 5.74) is 4.10. The second kappa shape index (κ2) is 11.3. The molecule has 2 aliphatic rings. The van der Waals surface area contributed by atoms with E-state index in [9.17, 15) is 13.2 Å². The highest BCUT2D eigenvalue weighted by Crippen LogP contribution is 2.37. The maximum Gasteiger partial charge on any atom is 0.413 e. The lowest BCUT2D eigenvalue weighted by Crippen LogP contribution is -2.47. The number of piperazine rings is 1. The number of allylic oxidation sites excluding steroid dienone is 1. The Labute approximate surface area is 227 Å². The van der Waals surface area contributed by atoms with Crippen LogP contribution in [0, 0.1) is 24.7 Å². The first-order valence-electron chi connectivity index (χ1n) is 13.3. The summed E-state index contributed by atoms with van der Waals surface area (Å²) in [4.78, 5) is 13.4. The summed E-state index contributed by atoms with van der Waals surface area (Å²) in [6, 6.07) is 9.77. The van der Waals surface area contributed by atoms with Gasteiger partial charge < -0.3 is 9.80 Å². The van der Waals surface area contributed by atoms with Crippen molar-refractivity contribution in [1.82, 2.24) is 24.6 Å². The van der Waals surface area contributed by atoms with Crippen LogP contribution in [0.1, 0.15) is 35.4 Å². The minimum atomic E-state index is -4.36. The smallest absolute Gasteiger partial charge is 0.304 e. The van der Waals surface area contributed by atoms with Gasteiger partial charge >= 0.3 is 6.18 Å². The summed E-state index contributed by atoms with van der Waals surface area (Å²) < 4.78 is 43.7. The van der Waals surface area contributed by atoms with E-state index < -0.39 is 17.7 Å². The van der Waals surface area contributed by atoms with Gasteiger partial charge in [0.2, 0.25) is 0 Å². The summed E-state index contributed by atoms with van der Waals surface area (Å²) in [6.07, 6.45) is -0.365. The minimum absolute atomic E-state index is 0.261. The fourth-order valence-electron chi connectivity index (χ4n) is 5.22. The number of aromatic nitrogens is 3. The third kappa shape index (κ3) is 6.40. The van der Waals surface area contributed by atoms with Gasteiger partial charge in [0.15, 0.2) is 0 Å². The lowest BCUT2D eigenvalue weighted by molar-refractivity contribution is -0.101. The van der Waals surface area contributed by atoms with Gasteiger partial charge in [0, 0.05) is 74.1 Å². The SMILES string of the molecule is Cc1ncc(CN=C2C=C(C(F)(F)F)C(CN3CCN(C)CC3)CC2)cc1C#Cc1c2ccccc2nn1C. The first-order chi connectivity index (χ1) is 18.7. The van der Waals surface area contributed by atoms with E-state index in [1.807, 2.05) is 51.4 Å². The molecule has 0 radical (unpaired) electrons. The van der Waals surface area contributed by atoms with Crippen LogP contribution in [0.25, 0.3) is 10.9 Å². The first-order valence-corrected chi connectivity index (χ1v) is 13.3. The summed E-state index contributed by atoms with van der Waals surface area (Å²) in [5.74, 6) is 5.92. The molecule has 3 aromatic rings. The van der Waals surface area contributed by atoms with Gasteiger partial charge in [0.25, 0.3) is 0 Å². The first kappa shape index (κ1) is 27.1. The van der Waals surface area contributed by atoms with E-state index in [2.05, 4.69) is 36.7 Å². The lowest BCUT2D eigenvalue weighted by Gasteiger charge is -2.36. The van der Waals surface area contributed by atoms with Crippen LogP contribution in [0.3, 0.4) is 0 Å². The van der Waals surface area contributed by atoms with Crippen LogP contribution in [-0.2, 0) is 13.6 Å². The van der Waals surface area contributed by atoms with Crippen molar-refractivity contribution in [2.24, 2.45) is 18.0 Å². The molecule has 1 aliphatic carbocycles. The van der Waals surface area contributed by atoms with E-state index in [1.54, 1.807) is 10.9 Å². The van der Waals surface area contributed by atoms with E-state index in [4.69, 9.17) is 0 Å². The van der Waals surface area contributed by atoms with Gasteiger partial charge in [-0.05, 0) is 62.6 Å². The number of hydrogen-bond acceptors (Lipinski definition) is 5.